The molecule has 10 heteroatoms. The molecule has 1 atom stereocenters. The Morgan fingerprint density at radius 2 is 2.00 bits per heavy atom. The minimum Gasteiger partial charge on any atom is -0.370 e. The van der Waals surface area contributed by atoms with Crippen molar-refractivity contribution in [3.8, 4) is 11.3 Å². The minimum absolute atomic E-state index is 0.0728. The summed E-state index contributed by atoms with van der Waals surface area (Å²) in [6.45, 7) is 0.0728. The lowest BCUT2D eigenvalue weighted by Gasteiger charge is -2.17. The fraction of sp³-hybridized carbons (Fsp3) is 0.304. The zero-order valence-electron chi connectivity index (χ0n) is 18.1. The molecule has 2 amide bonds. The third kappa shape index (κ3) is 6.00. The first-order chi connectivity index (χ1) is 16.1. The Balaban J connectivity index is 1.48. The summed E-state index contributed by atoms with van der Waals surface area (Å²) >= 11 is 0. The molecular formula is C23H26N8O2. The maximum Gasteiger partial charge on any atom is 0.242 e. The lowest BCUT2D eigenvalue weighted by Crippen LogP contribution is -2.32. The van der Waals surface area contributed by atoms with Crippen LogP contribution < -0.4 is 11.1 Å². The van der Waals surface area contributed by atoms with Crippen molar-refractivity contribution in [3.63, 3.8) is 0 Å². The topological polar surface area (TPSA) is 144 Å². The smallest absolute Gasteiger partial charge is 0.242 e. The van der Waals surface area contributed by atoms with E-state index in [1.807, 2.05) is 24.4 Å². The van der Waals surface area contributed by atoms with Crippen LogP contribution in [0.1, 0.15) is 44.0 Å². The second kappa shape index (κ2) is 10.5. The number of amides is 2. The van der Waals surface area contributed by atoms with Crippen molar-refractivity contribution in [1.29, 1.82) is 0 Å². The van der Waals surface area contributed by atoms with Crippen LogP contribution in [0.25, 0.3) is 22.0 Å². The Morgan fingerprint density at radius 1 is 1.09 bits per heavy atom. The van der Waals surface area contributed by atoms with Gasteiger partial charge in [-0.1, -0.05) is 30.2 Å². The van der Waals surface area contributed by atoms with Gasteiger partial charge in [0.25, 0.3) is 0 Å². The number of nitrogens with two attached hydrogens (primary N) is 1. The van der Waals surface area contributed by atoms with Crippen molar-refractivity contribution in [1.82, 2.24) is 35.3 Å². The Bertz CT molecular complexity index is 1220. The second-order valence-electron chi connectivity index (χ2n) is 7.91. The molecule has 10 nitrogen and oxygen atoms in total. The van der Waals surface area contributed by atoms with Crippen LogP contribution in [0, 0.1) is 0 Å². The molecule has 0 aliphatic heterocycles. The van der Waals surface area contributed by atoms with Gasteiger partial charge in [0.15, 0.2) is 0 Å². The largest absolute Gasteiger partial charge is 0.370 e. The molecule has 3 aromatic heterocycles. The third-order valence-corrected chi connectivity index (χ3v) is 5.41. The normalized spacial score (nSPS) is 12.0. The average Bonchev–Trinajstić information content (AvgIpc) is 3.50. The van der Waals surface area contributed by atoms with Gasteiger partial charge in [0, 0.05) is 36.0 Å². The Morgan fingerprint density at radius 3 is 2.82 bits per heavy atom. The molecule has 0 saturated carbocycles. The number of imidazole rings is 1. The number of hydrogen-bond donors (Lipinski definition) is 3. The van der Waals surface area contributed by atoms with E-state index >= 15 is 0 Å². The van der Waals surface area contributed by atoms with Gasteiger partial charge in [-0.2, -0.15) is 0 Å². The van der Waals surface area contributed by atoms with Gasteiger partial charge in [-0.3, -0.25) is 14.6 Å². The number of nitrogens with one attached hydrogen (secondary N) is 2. The van der Waals surface area contributed by atoms with Gasteiger partial charge in [-0.15, -0.1) is 5.10 Å². The third-order valence-electron chi connectivity index (χ3n) is 5.41. The molecule has 4 aromatic rings. The molecule has 0 aliphatic carbocycles. The van der Waals surface area contributed by atoms with Crippen molar-refractivity contribution in [2.75, 3.05) is 0 Å². The van der Waals surface area contributed by atoms with Crippen molar-refractivity contribution in [3.05, 3.63) is 61.1 Å². The summed E-state index contributed by atoms with van der Waals surface area (Å²) in [4.78, 5) is 35.7. The number of rotatable bonds is 11. The average molecular weight is 447 g/mol. The summed E-state index contributed by atoms with van der Waals surface area (Å²) in [5, 5.41) is 12.8. The lowest BCUT2D eigenvalue weighted by molar-refractivity contribution is -0.122. The Hall–Kier alpha value is -4.08. The summed E-state index contributed by atoms with van der Waals surface area (Å²) in [5.74, 6) is 0.199. The summed E-state index contributed by atoms with van der Waals surface area (Å²) in [7, 11) is 0. The molecule has 170 valence electrons. The van der Waals surface area contributed by atoms with Gasteiger partial charge in [0.05, 0.1) is 24.1 Å². The first kappa shape index (κ1) is 22.1. The number of unbranched alkanes of at least 4 members (excludes halogenated alkanes) is 2. The Kier molecular flexibility index (Phi) is 7.03. The van der Waals surface area contributed by atoms with Gasteiger partial charge in [0.2, 0.25) is 11.8 Å². The number of benzene rings is 1. The van der Waals surface area contributed by atoms with E-state index in [0.717, 1.165) is 41.3 Å². The van der Waals surface area contributed by atoms with Crippen molar-refractivity contribution < 1.29 is 9.59 Å². The van der Waals surface area contributed by atoms with E-state index in [4.69, 9.17) is 5.73 Å². The SMILES string of the molecule is NC(=O)CCCCC[C@H](NC(=O)Cn1ccnn1)c1ncc(-c2ccc3ccncc3c2)[nH]1. The van der Waals surface area contributed by atoms with Crippen molar-refractivity contribution >= 4 is 22.6 Å². The molecule has 0 saturated heterocycles. The fourth-order valence-corrected chi connectivity index (χ4v) is 3.72. The van der Waals surface area contributed by atoms with E-state index in [1.165, 1.54) is 10.9 Å². The van der Waals surface area contributed by atoms with Crippen LogP contribution in [0.3, 0.4) is 0 Å². The van der Waals surface area contributed by atoms with E-state index in [2.05, 4.69) is 36.6 Å². The van der Waals surface area contributed by atoms with Crippen molar-refractivity contribution in [2.24, 2.45) is 5.73 Å². The summed E-state index contributed by atoms with van der Waals surface area (Å²) in [6, 6.07) is 7.80. The van der Waals surface area contributed by atoms with Gasteiger partial charge in [-0.05, 0) is 30.4 Å². The standard InChI is InChI=1S/C23H26N8O2/c24-21(32)5-3-1-2-4-19(28-22(33)15-31-11-10-27-30-31)23-26-14-20(29-23)17-7-6-16-8-9-25-13-18(16)12-17/h6-14,19H,1-5,15H2,(H2,24,32)(H,26,29)(H,28,33)/t19-/m0/s1. The number of nitrogens with zero attached hydrogens (tertiary/aromatic N) is 5. The van der Waals surface area contributed by atoms with E-state index < -0.39 is 0 Å². The number of aromatic nitrogens is 6. The van der Waals surface area contributed by atoms with Gasteiger partial charge >= 0.3 is 0 Å². The lowest BCUT2D eigenvalue weighted by atomic mass is 10.1. The fourth-order valence-electron chi connectivity index (χ4n) is 3.72. The van der Waals surface area contributed by atoms with E-state index in [1.54, 1.807) is 18.6 Å². The van der Waals surface area contributed by atoms with Crippen LogP contribution in [-0.2, 0) is 16.1 Å². The van der Waals surface area contributed by atoms with Crippen LogP contribution in [0.4, 0.5) is 0 Å². The maximum atomic E-state index is 12.6. The number of aromatic amines is 1. The summed E-state index contributed by atoms with van der Waals surface area (Å²) < 4.78 is 1.47. The monoisotopic (exact) mass is 446 g/mol. The molecule has 0 fully saturated rings. The highest BCUT2D eigenvalue weighted by Gasteiger charge is 2.19. The number of carbonyl (C=O) groups excluding carboxylic acids is 2. The zero-order chi connectivity index (χ0) is 23.0. The predicted molar refractivity (Wildman–Crippen MR) is 123 cm³/mol. The molecule has 33 heavy (non-hydrogen) atoms. The molecule has 4 N–H and O–H groups in total. The highest BCUT2D eigenvalue weighted by atomic mass is 16.2. The number of primary amides is 1. The van der Waals surface area contributed by atoms with Crippen LogP contribution in [-0.4, -0.2) is 41.8 Å². The van der Waals surface area contributed by atoms with E-state index in [9.17, 15) is 9.59 Å². The first-order valence-corrected chi connectivity index (χ1v) is 10.9. The number of fused-ring (bicyclic) bond motifs is 1. The summed E-state index contributed by atoms with van der Waals surface area (Å²) in [6.07, 6.45) is 12.0. The molecule has 3 heterocycles. The number of carbonyl (C=O) groups is 2. The zero-order valence-corrected chi connectivity index (χ0v) is 18.1. The molecule has 0 spiro atoms. The highest BCUT2D eigenvalue weighted by Crippen LogP contribution is 2.25. The first-order valence-electron chi connectivity index (χ1n) is 10.9. The predicted octanol–water partition coefficient (Wildman–Crippen LogP) is 2.51. The molecule has 4 rings (SSSR count). The number of H-pyrrole nitrogens is 1. The Labute approximate surface area is 190 Å². The van der Waals surface area contributed by atoms with Crippen LogP contribution in [0.5, 0.6) is 0 Å². The van der Waals surface area contributed by atoms with Gasteiger partial charge < -0.3 is 16.0 Å². The van der Waals surface area contributed by atoms with Gasteiger partial charge in [-0.25, -0.2) is 9.67 Å². The van der Waals surface area contributed by atoms with Crippen LogP contribution in [0.2, 0.25) is 0 Å². The summed E-state index contributed by atoms with van der Waals surface area (Å²) in [5.41, 5.74) is 7.07. The maximum absolute atomic E-state index is 12.6. The number of hydrogen-bond acceptors (Lipinski definition) is 6. The molecule has 0 unspecified atom stereocenters. The van der Waals surface area contributed by atoms with Gasteiger partial charge in [0.1, 0.15) is 12.4 Å². The molecule has 0 radical (unpaired) electrons. The van der Waals surface area contributed by atoms with Crippen LogP contribution in [0.15, 0.2) is 55.2 Å². The minimum atomic E-state index is -0.300. The molecule has 0 aliphatic rings. The van der Waals surface area contributed by atoms with E-state index in [-0.39, 0.29) is 24.4 Å². The van der Waals surface area contributed by atoms with Crippen LogP contribution >= 0.6 is 0 Å². The molecule has 0 bridgehead atoms. The van der Waals surface area contributed by atoms with Crippen molar-refractivity contribution in [2.45, 2.75) is 44.7 Å². The number of pyridine rings is 1. The van der Waals surface area contributed by atoms with E-state index in [0.29, 0.717) is 18.7 Å². The highest BCUT2D eigenvalue weighted by molar-refractivity contribution is 5.86. The second-order valence-corrected chi connectivity index (χ2v) is 7.91. The molecule has 1 aromatic carbocycles. The molecular weight excluding hydrogens is 420 g/mol. The quantitative estimate of drug-likeness (QED) is 0.302.